The van der Waals surface area contributed by atoms with Crippen LogP contribution < -0.4 is 44.6 Å². The summed E-state index contributed by atoms with van der Waals surface area (Å²) in [5.41, 5.74) is 29.0. The lowest BCUT2D eigenvalue weighted by atomic mass is 9.81. The van der Waals surface area contributed by atoms with Gasteiger partial charge in [-0.1, -0.05) is 0 Å². The van der Waals surface area contributed by atoms with E-state index in [2.05, 4.69) is 16.0 Å². The van der Waals surface area contributed by atoms with Crippen LogP contribution in [-0.4, -0.2) is 203 Å². The number of nitrogens with two attached hydrogens (primary N) is 5. The van der Waals surface area contributed by atoms with Gasteiger partial charge in [-0.3, -0.25) is 4.79 Å². The fourth-order valence-electron chi connectivity index (χ4n) is 8.01. The predicted octanol–water partition coefficient (Wildman–Crippen LogP) is -9.01. The van der Waals surface area contributed by atoms with Crippen LogP contribution in [0.1, 0.15) is 25.7 Å². The number of amides is 1. The Balaban J connectivity index is 1.17. The molecular weight excluding hydrogens is 720 g/mol. The summed E-state index contributed by atoms with van der Waals surface area (Å²) in [5.74, 6) is -0.304. The normalized spacial score (nSPS) is 49.2. The first-order chi connectivity index (χ1) is 25.6. The van der Waals surface area contributed by atoms with Crippen molar-refractivity contribution in [3.05, 3.63) is 0 Å². The van der Waals surface area contributed by atoms with Crippen LogP contribution in [0.4, 0.5) is 0 Å². The van der Waals surface area contributed by atoms with E-state index in [1.54, 1.807) is 0 Å². The lowest BCUT2D eigenvalue weighted by Gasteiger charge is -2.48. The lowest BCUT2D eigenvalue weighted by molar-refractivity contribution is -0.297. The zero-order valence-corrected chi connectivity index (χ0v) is 30.0. The standard InChI is InChI=1S/C32H60N8O14/c33-5-17-22(44)23(45)20(37)29(49-17)53-26-19(8-41)51-30(24(26)46)54-27-21(43)15(40-31(47)32(48)9-39-10-32)3-13(35)25(27)52-28-14(36)4-16(42)18(50-28)7-38-6-11-1-12(34)2-11/h11-30,38-39,41-46,48H,1-10,33-37H2,(H,40,47)/t11?,12?,13-,14+,15+,16-,17-,18+,19+,20+,21-,22+,23+,24+,25+,26+,27+,28+,29+,30-/m0/s1. The van der Waals surface area contributed by atoms with Gasteiger partial charge in [0.1, 0.15) is 54.9 Å². The molecule has 1 amide bonds. The molecule has 0 bridgehead atoms. The van der Waals surface area contributed by atoms with Gasteiger partial charge in [0, 0.05) is 38.3 Å². The Morgan fingerprint density at radius 1 is 0.741 bits per heavy atom. The van der Waals surface area contributed by atoms with Crippen LogP contribution in [0, 0.1) is 5.92 Å². The van der Waals surface area contributed by atoms with Crippen molar-refractivity contribution in [3.8, 4) is 0 Å². The molecule has 22 nitrogen and oxygen atoms in total. The second-order valence-electron chi connectivity index (χ2n) is 15.7. The van der Waals surface area contributed by atoms with Crippen LogP contribution in [0.25, 0.3) is 0 Å². The second kappa shape index (κ2) is 17.7. The van der Waals surface area contributed by atoms with Crippen LogP contribution in [0.15, 0.2) is 0 Å². The van der Waals surface area contributed by atoms with Crippen molar-refractivity contribution in [2.75, 3.05) is 39.3 Å². The summed E-state index contributed by atoms with van der Waals surface area (Å²) < 4.78 is 36.1. The number of hydrogen-bond acceptors (Lipinski definition) is 21. The third kappa shape index (κ3) is 8.88. The Labute approximate surface area is 312 Å². The molecule has 0 radical (unpaired) electrons. The van der Waals surface area contributed by atoms with Crippen molar-refractivity contribution in [2.45, 2.75) is 148 Å². The van der Waals surface area contributed by atoms with Gasteiger partial charge in [-0.15, -0.1) is 0 Å². The summed E-state index contributed by atoms with van der Waals surface area (Å²) in [4.78, 5) is 13.0. The fraction of sp³-hybridized carbons (Fsp3) is 0.969. The molecule has 6 aliphatic rings. The minimum absolute atomic E-state index is 0.00870. The molecule has 4 aliphatic heterocycles. The molecule has 4 heterocycles. The Bertz CT molecular complexity index is 1240. The molecule has 22 heteroatoms. The molecule has 54 heavy (non-hydrogen) atoms. The Kier molecular flexibility index (Phi) is 13.8. The molecule has 0 unspecified atom stereocenters. The average molecular weight is 781 g/mol. The Hall–Kier alpha value is -1.33. The first-order valence-electron chi connectivity index (χ1n) is 18.7. The first-order valence-corrected chi connectivity index (χ1v) is 18.7. The third-order valence-corrected chi connectivity index (χ3v) is 11.6. The van der Waals surface area contributed by atoms with Gasteiger partial charge in [-0.25, -0.2) is 0 Å². The summed E-state index contributed by atoms with van der Waals surface area (Å²) in [6.45, 7) is 0.153. The fourth-order valence-corrected chi connectivity index (χ4v) is 8.01. The molecule has 2 aliphatic carbocycles. The van der Waals surface area contributed by atoms with E-state index in [9.17, 15) is 40.5 Å². The highest BCUT2D eigenvalue weighted by atomic mass is 16.8. The van der Waals surface area contributed by atoms with Crippen molar-refractivity contribution in [1.82, 2.24) is 16.0 Å². The molecule has 0 aromatic carbocycles. The molecule has 4 saturated heterocycles. The smallest absolute Gasteiger partial charge is 0.254 e. The highest BCUT2D eigenvalue weighted by molar-refractivity contribution is 5.87. The topological polar surface area (TPSA) is 380 Å². The van der Waals surface area contributed by atoms with Crippen LogP contribution in [0.3, 0.4) is 0 Å². The monoisotopic (exact) mass is 780 g/mol. The minimum atomic E-state index is -1.69. The van der Waals surface area contributed by atoms with Crippen LogP contribution in [0.2, 0.25) is 0 Å². The van der Waals surface area contributed by atoms with Crippen LogP contribution >= 0.6 is 0 Å². The molecule has 0 spiro atoms. The van der Waals surface area contributed by atoms with Gasteiger partial charge in [0.05, 0.1) is 36.9 Å². The highest BCUT2D eigenvalue weighted by Crippen LogP contribution is 2.35. The molecule has 2 saturated carbocycles. The van der Waals surface area contributed by atoms with E-state index in [-0.39, 0.29) is 38.5 Å². The van der Waals surface area contributed by atoms with Crippen LogP contribution in [0.5, 0.6) is 0 Å². The number of ether oxygens (including phenoxy) is 6. The second-order valence-corrected chi connectivity index (χ2v) is 15.7. The van der Waals surface area contributed by atoms with E-state index in [0.717, 1.165) is 12.8 Å². The van der Waals surface area contributed by atoms with Gasteiger partial charge in [0.15, 0.2) is 24.5 Å². The third-order valence-electron chi connectivity index (χ3n) is 11.6. The van der Waals surface area contributed by atoms with Crippen LogP contribution in [-0.2, 0) is 33.2 Å². The molecule has 6 rings (SSSR count). The van der Waals surface area contributed by atoms with Gasteiger partial charge in [0.2, 0.25) is 0 Å². The molecule has 6 fully saturated rings. The maximum Gasteiger partial charge on any atom is 0.254 e. The number of carbonyl (C=O) groups excluding carboxylic acids is 1. The molecule has 0 aromatic heterocycles. The number of aliphatic hydroxyl groups is 7. The van der Waals surface area contributed by atoms with Gasteiger partial charge < -0.3 is 109 Å². The van der Waals surface area contributed by atoms with E-state index < -0.39 is 128 Å². The Morgan fingerprint density at radius 2 is 1.39 bits per heavy atom. The van der Waals surface area contributed by atoms with Crippen molar-refractivity contribution in [3.63, 3.8) is 0 Å². The predicted molar refractivity (Wildman–Crippen MR) is 183 cm³/mol. The SMILES string of the molecule is NC[C@@H]1O[C@H](O[C@H]2[C@@H](O)[C@H](O[C@@H]3[C@@H](O)[C@H](NC(=O)C4(O)CNC4)C[C@H](N)[C@H]3O[C@H]3O[C@H](CNCC4CC(N)C4)[C@@H](O)C[C@H]3N)O[C@@H]2CO)[C@H](N)[C@@H](O)[C@@H]1O. The highest BCUT2D eigenvalue weighted by Gasteiger charge is 2.55. The average Bonchev–Trinajstić information content (AvgIpc) is 3.41. The van der Waals surface area contributed by atoms with Gasteiger partial charge in [-0.2, -0.15) is 0 Å². The summed E-state index contributed by atoms with van der Waals surface area (Å²) >= 11 is 0. The molecule has 20 N–H and O–H groups in total. The van der Waals surface area contributed by atoms with E-state index in [1.807, 2.05) is 0 Å². The first kappa shape index (κ1) is 42.3. The molecule has 18 atom stereocenters. The molecule has 0 aromatic rings. The van der Waals surface area contributed by atoms with Crippen molar-refractivity contribution >= 4 is 5.91 Å². The van der Waals surface area contributed by atoms with Crippen molar-refractivity contribution in [1.29, 1.82) is 0 Å². The van der Waals surface area contributed by atoms with Gasteiger partial charge >= 0.3 is 0 Å². The summed E-state index contributed by atoms with van der Waals surface area (Å²) in [7, 11) is 0. The zero-order chi connectivity index (χ0) is 39.1. The minimum Gasteiger partial charge on any atom is -0.394 e. The lowest BCUT2D eigenvalue weighted by Crippen LogP contribution is -2.71. The maximum atomic E-state index is 13.0. The van der Waals surface area contributed by atoms with Crippen molar-refractivity contribution in [2.24, 2.45) is 34.6 Å². The van der Waals surface area contributed by atoms with E-state index >= 15 is 0 Å². The van der Waals surface area contributed by atoms with E-state index in [1.165, 1.54) is 0 Å². The number of carbonyl (C=O) groups is 1. The van der Waals surface area contributed by atoms with Gasteiger partial charge in [0.25, 0.3) is 5.91 Å². The molecule has 312 valence electrons. The number of hydrogen-bond donors (Lipinski definition) is 15. The Morgan fingerprint density at radius 3 is 2.02 bits per heavy atom. The van der Waals surface area contributed by atoms with E-state index in [4.69, 9.17) is 57.1 Å². The largest absolute Gasteiger partial charge is 0.394 e. The van der Waals surface area contributed by atoms with Crippen molar-refractivity contribution < 1.29 is 69.0 Å². The zero-order valence-electron chi connectivity index (χ0n) is 30.0. The maximum absolute atomic E-state index is 13.0. The van der Waals surface area contributed by atoms with Gasteiger partial charge in [-0.05, 0) is 38.1 Å². The number of β-amino-alcohol motifs (C(OH)–C–C–N with tert-alkyl or cyclic N) is 1. The van der Waals surface area contributed by atoms with E-state index in [0.29, 0.717) is 19.0 Å². The summed E-state index contributed by atoms with van der Waals surface area (Å²) in [6.07, 6.45) is -16.2. The number of aliphatic hydroxyl groups excluding tert-OH is 6. The summed E-state index contributed by atoms with van der Waals surface area (Å²) in [5, 5.41) is 84.3. The number of nitrogens with one attached hydrogen (secondary N) is 3. The quantitative estimate of drug-likeness (QED) is 0.0778. The summed E-state index contributed by atoms with van der Waals surface area (Å²) in [6, 6.07) is -3.91. The molecular formula is C32H60N8O14. The number of rotatable bonds is 14.